The summed E-state index contributed by atoms with van der Waals surface area (Å²) in [6, 6.07) is 0. The number of nitrogens with one attached hydrogen (secondary N) is 2. The molecule has 0 radical (unpaired) electrons. The summed E-state index contributed by atoms with van der Waals surface area (Å²) in [6.07, 6.45) is -2.33. The van der Waals surface area contributed by atoms with Gasteiger partial charge in [-0.2, -0.15) is 10.2 Å². The highest BCUT2D eigenvalue weighted by Gasteiger charge is 2.43. The quantitative estimate of drug-likeness (QED) is 0.138. The molecule has 0 aliphatic carbocycles. The molecule has 0 bridgehead atoms. The number of aliphatic carboxylic acids is 2. The molecule has 0 aliphatic rings. The van der Waals surface area contributed by atoms with Crippen molar-refractivity contribution in [1.82, 2.24) is 10.6 Å². The SMILES string of the molecule is CCC(=O)C(C)(N=NC(C)(C(=O)CC)C(N)NCCC(=O)O)C(N)NCCC(=O)O. The second-order valence-corrected chi connectivity index (χ2v) is 7.20. The van der Waals surface area contributed by atoms with Crippen molar-refractivity contribution in [3.63, 3.8) is 0 Å². The van der Waals surface area contributed by atoms with Crippen LogP contribution in [0.3, 0.4) is 0 Å². The van der Waals surface area contributed by atoms with Crippen molar-refractivity contribution in [2.24, 2.45) is 21.7 Å². The first-order chi connectivity index (χ1) is 13.8. The first-order valence-corrected chi connectivity index (χ1v) is 9.77. The molecule has 4 unspecified atom stereocenters. The van der Waals surface area contributed by atoms with Crippen LogP contribution in [0.2, 0.25) is 0 Å². The Kier molecular flexibility index (Phi) is 11.5. The number of nitrogens with zero attached hydrogens (tertiary/aromatic N) is 2. The molecule has 0 aromatic carbocycles. The van der Waals surface area contributed by atoms with Crippen LogP contribution >= 0.6 is 0 Å². The van der Waals surface area contributed by atoms with Gasteiger partial charge in [0, 0.05) is 25.9 Å². The van der Waals surface area contributed by atoms with E-state index in [-0.39, 0.29) is 50.3 Å². The van der Waals surface area contributed by atoms with E-state index in [9.17, 15) is 19.2 Å². The molecule has 30 heavy (non-hydrogen) atoms. The van der Waals surface area contributed by atoms with Crippen LogP contribution < -0.4 is 22.1 Å². The van der Waals surface area contributed by atoms with Crippen LogP contribution in [0.15, 0.2) is 10.2 Å². The maximum absolute atomic E-state index is 12.6. The molecule has 0 saturated carbocycles. The van der Waals surface area contributed by atoms with E-state index >= 15 is 0 Å². The maximum Gasteiger partial charge on any atom is 0.304 e. The Hall–Kier alpha value is -2.28. The van der Waals surface area contributed by atoms with Gasteiger partial charge in [-0.15, -0.1) is 0 Å². The van der Waals surface area contributed by atoms with E-state index in [1.807, 2.05) is 0 Å². The predicted octanol–water partition coefficient (Wildman–Crippen LogP) is -0.388. The number of Topliss-reactive ketones (excluding diaryl/α,β-unsaturated/α-hetero) is 2. The molecule has 0 fully saturated rings. The zero-order valence-electron chi connectivity index (χ0n) is 18.0. The number of hydrogen-bond donors (Lipinski definition) is 6. The zero-order valence-corrected chi connectivity index (χ0v) is 18.0. The van der Waals surface area contributed by atoms with Gasteiger partial charge in [0.15, 0.2) is 22.6 Å². The van der Waals surface area contributed by atoms with E-state index in [0.29, 0.717) is 0 Å². The van der Waals surface area contributed by atoms with Crippen molar-refractivity contribution in [3.05, 3.63) is 0 Å². The van der Waals surface area contributed by atoms with Crippen molar-refractivity contribution < 1.29 is 29.4 Å². The van der Waals surface area contributed by atoms with Crippen LogP contribution in [0.1, 0.15) is 53.4 Å². The zero-order chi connectivity index (χ0) is 23.5. The summed E-state index contributed by atoms with van der Waals surface area (Å²) in [7, 11) is 0. The Morgan fingerprint density at radius 3 is 1.33 bits per heavy atom. The lowest BCUT2D eigenvalue weighted by Gasteiger charge is -2.33. The predicted molar refractivity (Wildman–Crippen MR) is 109 cm³/mol. The lowest BCUT2D eigenvalue weighted by molar-refractivity contribution is -0.138. The van der Waals surface area contributed by atoms with Gasteiger partial charge >= 0.3 is 11.9 Å². The number of carboxylic acids is 2. The third kappa shape index (κ3) is 7.86. The van der Waals surface area contributed by atoms with E-state index in [1.165, 1.54) is 13.8 Å². The molecule has 12 nitrogen and oxygen atoms in total. The molecular formula is C18H34N6O6. The molecule has 0 aromatic rings. The summed E-state index contributed by atoms with van der Waals surface area (Å²) in [5, 5.41) is 31.3. The number of azo groups is 1. The Morgan fingerprint density at radius 1 is 0.800 bits per heavy atom. The van der Waals surface area contributed by atoms with Gasteiger partial charge in [0.1, 0.15) is 0 Å². The summed E-state index contributed by atoms with van der Waals surface area (Å²) >= 11 is 0. The molecular weight excluding hydrogens is 396 g/mol. The fourth-order valence-electron chi connectivity index (χ4n) is 2.57. The third-order valence-corrected chi connectivity index (χ3v) is 4.85. The number of rotatable bonds is 16. The maximum atomic E-state index is 12.6. The van der Waals surface area contributed by atoms with Gasteiger partial charge in [-0.1, -0.05) is 13.8 Å². The smallest absolute Gasteiger partial charge is 0.304 e. The molecule has 0 heterocycles. The van der Waals surface area contributed by atoms with Crippen LogP contribution in [0.4, 0.5) is 0 Å². The number of carbonyl (C=O) groups is 4. The van der Waals surface area contributed by atoms with Gasteiger partial charge in [0.25, 0.3) is 0 Å². The van der Waals surface area contributed by atoms with Gasteiger partial charge < -0.3 is 21.7 Å². The molecule has 0 saturated heterocycles. The molecule has 172 valence electrons. The van der Waals surface area contributed by atoms with Crippen LogP contribution in [-0.4, -0.2) is 70.2 Å². The van der Waals surface area contributed by atoms with E-state index in [1.54, 1.807) is 13.8 Å². The molecule has 0 amide bonds. The molecule has 12 heteroatoms. The van der Waals surface area contributed by atoms with Crippen molar-refractivity contribution >= 4 is 23.5 Å². The van der Waals surface area contributed by atoms with Crippen LogP contribution in [-0.2, 0) is 19.2 Å². The van der Waals surface area contributed by atoms with Gasteiger partial charge in [0.05, 0.1) is 25.2 Å². The molecule has 0 rings (SSSR count). The molecule has 8 N–H and O–H groups in total. The average molecular weight is 431 g/mol. The second kappa shape index (κ2) is 12.4. The summed E-state index contributed by atoms with van der Waals surface area (Å²) in [4.78, 5) is 46.5. The lowest BCUT2D eigenvalue weighted by Crippen LogP contribution is -2.60. The summed E-state index contributed by atoms with van der Waals surface area (Å²) in [5.41, 5.74) is 9.00. The Bertz CT molecular complexity index is 603. The van der Waals surface area contributed by atoms with Gasteiger partial charge in [-0.05, 0) is 13.8 Å². The third-order valence-electron chi connectivity index (χ3n) is 4.85. The summed E-state index contributed by atoms with van der Waals surface area (Å²) in [5.74, 6) is -2.78. The highest BCUT2D eigenvalue weighted by molar-refractivity contribution is 5.90. The Balaban J connectivity index is 5.75. The monoisotopic (exact) mass is 430 g/mol. The van der Waals surface area contributed by atoms with Crippen LogP contribution in [0.25, 0.3) is 0 Å². The summed E-state index contributed by atoms with van der Waals surface area (Å²) < 4.78 is 0. The molecule has 4 atom stereocenters. The normalized spacial score (nSPS) is 17.7. The molecule has 0 spiro atoms. The minimum Gasteiger partial charge on any atom is -0.481 e. The Morgan fingerprint density at radius 2 is 1.10 bits per heavy atom. The topological polar surface area (TPSA) is 210 Å². The standard InChI is InChI=1S/C18H34N6O6/c1-5-11(25)17(3,15(19)21-9-7-13(27)28)23-24-18(4,12(26)6-2)16(20)22-10-8-14(29)30/h15-16,21-22H,5-10,19-20H2,1-4H3,(H,27,28)(H,29,30). The van der Waals surface area contributed by atoms with Gasteiger partial charge in [-0.25, -0.2) is 0 Å². The number of nitrogens with two attached hydrogens (primary N) is 2. The van der Waals surface area contributed by atoms with Crippen molar-refractivity contribution in [3.8, 4) is 0 Å². The van der Waals surface area contributed by atoms with Crippen molar-refractivity contribution in [1.29, 1.82) is 0 Å². The van der Waals surface area contributed by atoms with Crippen molar-refractivity contribution in [2.45, 2.75) is 76.8 Å². The fourth-order valence-corrected chi connectivity index (χ4v) is 2.57. The Labute approximate surface area is 175 Å². The van der Waals surface area contributed by atoms with Gasteiger partial charge in [0.2, 0.25) is 0 Å². The molecule has 0 aliphatic heterocycles. The number of ketones is 2. The fraction of sp³-hybridized carbons (Fsp3) is 0.778. The van der Waals surface area contributed by atoms with Crippen LogP contribution in [0, 0.1) is 0 Å². The first-order valence-electron chi connectivity index (χ1n) is 9.77. The van der Waals surface area contributed by atoms with E-state index in [2.05, 4.69) is 20.9 Å². The highest BCUT2D eigenvalue weighted by atomic mass is 16.4. The molecule has 0 aromatic heterocycles. The van der Waals surface area contributed by atoms with E-state index < -0.39 is 35.3 Å². The summed E-state index contributed by atoms with van der Waals surface area (Å²) in [6.45, 7) is 6.16. The van der Waals surface area contributed by atoms with E-state index in [4.69, 9.17) is 21.7 Å². The average Bonchev–Trinajstić information content (AvgIpc) is 2.69. The number of carbonyl (C=O) groups excluding carboxylic acids is 2. The number of carboxylic acid groups (broad SMARTS) is 2. The lowest BCUT2D eigenvalue weighted by atomic mass is 9.90. The van der Waals surface area contributed by atoms with Gasteiger partial charge in [-0.3, -0.25) is 29.8 Å². The highest BCUT2D eigenvalue weighted by Crippen LogP contribution is 2.23. The van der Waals surface area contributed by atoms with Crippen LogP contribution in [0.5, 0.6) is 0 Å². The minimum absolute atomic E-state index is 0.0139. The van der Waals surface area contributed by atoms with E-state index in [0.717, 1.165) is 0 Å². The minimum atomic E-state index is -1.57. The number of hydrogen-bond acceptors (Lipinski definition) is 10. The second-order valence-electron chi connectivity index (χ2n) is 7.20. The largest absolute Gasteiger partial charge is 0.481 e. The first kappa shape index (κ1) is 27.7. The van der Waals surface area contributed by atoms with Crippen molar-refractivity contribution in [2.75, 3.05) is 13.1 Å².